The van der Waals surface area contributed by atoms with Crippen molar-refractivity contribution in [3.8, 4) is 0 Å². The summed E-state index contributed by atoms with van der Waals surface area (Å²) < 4.78 is 13.5. The van der Waals surface area contributed by atoms with Crippen LogP contribution in [0.4, 0.5) is 14.3 Å². The Labute approximate surface area is 122 Å². The fraction of sp³-hybridized carbons (Fsp3) is 0.714. The van der Waals surface area contributed by atoms with E-state index in [1.165, 1.54) is 11.3 Å². The van der Waals surface area contributed by atoms with Crippen molar-refractivity contribution in [2.75, 3.05) is 5.32 Å². The number of carbonyl (C=O) groups is 1. The zero-order valence-corrected chi connectivity index (χ0v) is 12.7. The molecule has 0 aromatic carbocycles. The fourth-order valence-corrected chi connectivity index (χ4v) is 4.30. The molecule has 4 nitrogen and oxygen atoms in total. The molecule has 1 aromatic rings. The van der Waals surface area contributed by atoms with Crippen LogP contribution in [-0.4, -0.2) is 34.2 Å². The Hall–Kier alpha value is -1.17. The number of aryl methyl sites for hydroxylation is 2. The van der Waals surface area contributed by atoms with E-state index < -0.39 is 6.17 Å². The summed E-state index contributed by atoms with van der Waals surface area (Å²) in [7, 11) is 0. The maximum Gasteiger partial charge on any atom is 0.324 e. The van der Waals surface area contributed by atoms with E-state index in [-0.39, 0.29) is 18.1 Å². The van der Waals surface area contributed by atoms with E-state index >= 15 is 0 Å². The zero-order valence-electron chi connectivity index (χ0n) is 11.9. The second-order valence-electron chi connectivity index (χ2n) is 5.67. The van der Waals surface area contributed by atoms with Crippen LogP contribution in [0.2, 0.25) is 0 Å². The average molecular weight is 297 g/mol. The summed E-state index contributed by atoms with van der Waals surface area (Å²) in [4.78, 5) is 19.8. The lowest BCUT2D eigenvalue weighted by atomic mass is 10.0. The van der Waals surface area contributed by atoms with Crippen molar-refractivity contribution in [2.24, 2.45) is 0 Å². The maximum absolute atomic E-state index is 13.5. The number of amides is 2. The lowest BCUT2D eigenvalue weighted by molar-refractivity contribution is 0.110. The van der Waals surface area contributed by atoms with Gasteiger partial charge in [-0.1, -0.05) is 6.92 Å². The van der Waals surface area contributed by atoms with Crippen LogP contribution in [0.25, 0.3) is 0 Å². The number of rotatable bonds is 2. The van der Waals surface area contributed by atoms with Crippen molar-refractivity contribution in [3.63, 3.8) is 0 Å². The summed E-state index contributed by atoms with van der Waals surface area (Å²) in [5.74, 6) is 0. The number of nitrogens with one attached hydrogen (secondary N) is 1. The SMILES string of the molecule is CCc1nc(NC(=O)N2[C@@H]3CC[C@H]2CC(F)C3)sc1C. The molecule has 110 valence electrons. The molecule has 0 radical (unpaired) electrons. The Kier molecular flexibility index (Phi) is 3.67. The topological polar surface area (TPSA) is 45.2 Å². The van der Waals surface area contributed by atoms with Crippen LogP contribution >= 0.6 is 11.3 Å². The number of thiazole rings is 1. The number of fused-ring (bicyclic) bond motifs is 2. The molecule has 2 amide bonds. The molecule has 2 fully saturated rings. The molecule has 3 rings (SSSR count). The van der Waals surface area contributed by atoms with E-state index in [4.69, 9.17) is 0 Å². The van der Waals surface area contributed by atoms with Gasteiger partial charge in [-0.05, 0) is 39.0 Å². The first-order valence-electron chi connectivity index (χ1n) is 7.28. The zero-order chi connectivity index (χ0) is 14.3. The van der Waals surface area contributed by atoms with E-state index in [1.54, 1.807) is 0 Å². The third-order valence-corrected chi connectivity index (χ3v) is 5.28. The highest BCUT2D eigenvalue weighted by Gasteiger charge is 2.43. The van der Waals surface area contributed by atoms with Gasteiger partial charge in [0.1, 0.15) is 6.17 Å². The van der Waals surface area contributed by atoms with E-state index in [0.29, 0.717) is 18.0 Å². The van der Waals surface area contributed by atoms with E-state index in [9.17, 15) is 9.18 Å². The number of hydrogen-bond donors (Lipinski definition) is 1. The molecular formula is C14H20FN3OS. The lowest BCUT2D eigenvalue weighted by Gasteiger charge is -2.36. The van der Waals surface area contributed by atoms with E-state index in [2.05, 4.69) is 17.2 Å². The van der Waals surface area contributed by atoms with Crippen molar-refractivity contribution in [1.29, 1.82) is 0 Å². The quantitative estimate of drug-likeness (QED) is 0.908. The van der Waals surface area contributed by atoms with Crippen LogP contribution in [0.3, 0.4) is 0 Å². The molecule has 0 spiro atoms. The van der Waals surface area contributed by atoms with Crippen LogP contribution in [0.5, 0.6) is 0 Å². The molecule has 1 N–H and O–H groups in total. The van der Waals surface area contributed by atoms with Crippen molar-refractivity contribution in [1.82, 2.24) is 9.88 Å². The second kappa shape index (κ2) is 5.31. The van der Waals surface area contributed by atoms with Gasteiger partial charge in [0.05, 0.1) is 5.69 Å². The lowest BCUT2D eigenvalue weighted by Crippen LogP contribution is -2.48. The van der Waals surface area contributed by atoms with Gasteiger partial charge in [0.25, 0.3) is 0 Å². The summed E-state index contributed by atoms with van der Waals surface area (Å²) in [5, 5.41) is 3.55. The van der Waals surface area contributed by atoms with Crippen molar-refractivity contribution in [3.05, 3.63) is 10.6 Å². The number of hydrogen-bond acceptors (Lipinski definition) is 3. The van der Waals surface area contributed by atoms with Gasteiger partial charge in [0.2, 0.25) is 0 Å². The number of nitrogens with zero attached hydrogens (tertiary/aromatic N) is 2. The van der Waals surface area contributed by atoms with Crippen LogP contribution < -0.4 is 5.32 Å². The molecule has 2 aliphatic heterocycles. The molecule has 2 aliphatic rings. The van der Waals surface area contributed by atoms with Gasteiger partial charge < -0.3 is 4.90 Å². The predicted molar refractivity (Wildman–Crippen MR) is 78.0 cm³/mol. The monoisotopic (exact) mass is 297 g/mol. The highest BCUT2D eigenvalue weighted by molar-refractivity contribution is 7.15. The second-order valence-corrected chi connectivity index (χ2v) is 6.87. The molecule has 0 saturated carbocycles. The summed E-state index contributed by atoms with van der Waals surface area (Å²) in [5.41, 5.74) is 1.04. The highest BCUT2D eigenvalue weighted by atomic mass is 32.1. The molecule has 3 heterocycles. The van der Waals surface area contributed by atoms with Gasteiger partial charge in [0, 0.05) is 17.0 Å². The standard InChI is InChI=1S/C14H20FN3OS/c1-3-12-8(2)20-13(16-12)17-14(19)18-10-4-5-11(18)7-9(15)6-10/h9-11H,3-7H2,1-2H3,(H,16,17,19)/t9?,10-,11+. The van der Waals surface area contributed by atoms with E-state index in [0.717, 1.165) is 29.8 Å². The number of alkyl halides is 1. The van der Waals surface area contributed by atoms with Crippen molar-refractivity contribution < 1.29 is 9.18 Å². The third kappa shape index (κ3) is 2.41. The molecule has 1 aromatic heterocycles. The maximum atomic E-state index is 13.5. The Bertz CT molecular complexity index is 505. The summed E-state index contributed by atoms with van der Waals surface area (Å²) >= 11 is 1.51. The molecule has 2 saturated heterocycles. The summed E-state index contributed by atoms with van der Waals surface area (Å²) in [6, 6.07) is 0.0201. The van der Waals surface area contributed by atoms with Crippen molar-refractivity contribution >= 4 is 22.5 Å². The Balaban J connectivity index is 1.70. The van der Waals surface area contributed by atoms with Crippen LogP contribution in [-0.2, 0) is 6.42 Å². The molecule has 1 unspecified atom stereocenters. The number of carbonyl (C=O) groups excluding carboxylic acids is 1. The average Bonchev–Trinajstić information content (AvgIpc) is 2.88. The third-order valence-electron chi connectivity index (χ3n) is 4.35. The number of piperidine rings is 1. The molecule has 20 heavy (non-hydrogen) atoms. The molecule has 2 bridgehead atoms. The first-order valence-corrected chi connectivity index (χ1v) is 8.09. The molecule has 0 aliphatic carbocycles. The first-order chi connectivity index (χ1) is 9.58. The van der Waals surface area contributed by atoms with Crippen LogP contribution in [0.15, 0.2) is 0 Å². The smallest absolute Gasteiger partial charge is 0.318 e. The fourth-order valence-electron chi connectivity index (χ4n) is 3.41. The van der Waals surface area contributed by atoms with Crippen LogP contribution in [0.1, 0.15) is 43.2 Å². The number of urea groups is 1. The van der Waals surface area contributed by atoms with Gasteiger partial charge in [-0.3, -0.25) is 5.32 Å². The predicted octanol–water partition coefficient (Wildman–Crippen LogP) is 3.51. The van der Waals surface area contributed by atoms with Gasteiger partial charge in [0.15, 0.2) is 5.13 Å². The number of halogens is 1. The molecule has 6 heteroatoms. The minimum absolute atomic E-state index is 0.0652. The summed E-state index contributed by atoms with van der Waals surface area (Å²) in [6.07, 6.45) is 2.95. The minimum Gasteiger partial charge on any atom is -0.318 e. The first kappa shape index (κ1) is 13.8. The van der Waals surface area contributed by atoms with Crippen molar-refractivity contribution in [2.45, 2.75) is 64.2 Å². The van der Waals surface area contributed by atoms with E-state index in [1.807, 2.05) is 11.8 Å². The largest absolute Gasteiger partial charge is 0.324 e. The molecular weight excluding hydrogens is 277 g/mol. The highest BCUT2D eigenvalue weighted by Crippen LogP contribution is 2.37. The molecule has 3 atom stereocenters. The van der Waals surface area contributed by atoms with Gasteiger partial charge in [-0.2, -0.15) is 0 Å². The Morgan fingerprint density at radius 1 is 1.45 bits per heavy atom. The van der Waals surface area contributed by atoms with Gasteiger partial charge in [-0.15, -0.1) is 11.3 Å². The Morgan fingerprint density at radius 2 is 2.10 bits per heavy atom. The Morgan fingerprint density at radius 3 is 2.65 bits per heavy atom. The van der Waals surface area contributed by atoms with Crippen LogP contribution in [0, 0.1) is 6.92 Å². The summed E-state index contributed by atoms with van der Waals surface area (Å²) in [6.45, 7) is 4.07. The number of aromatic nitrogens is 1. The number of anilines is 1. The van der Waals surface area contributed by atoms with Gasteiger partial charge >= 0.3 is 6.03 Å². The minimum atomic E-state index is -0.745. The van der Waals surface area contributed by atoms with Gasteiger partial charge in [-0.25, -0.2) is 14.2 Å². The normalized spacial score (nSPS) is 28.8.